The highest BCUT2D eigenvalue weighted by Gasteiger charge is 2.42. The maximum absolute atomic E-state index is 2.43. The Kier molecular flexibility index (Phi) is 3.32. The number of hydrogen-bond acceptors (Lipinski definition) is 0. The van der Waals surface area contributed by atoms with Gasteiger partial charge in [0.2, 0.25) is 5.69 Å². The summed E-state index contributed by atoms with van der Waals surface area (Å²) in [5.41, 5.74) is 8.05. The molecular formula is C21H26N+. The third-order valence-corrected chi connectivity index (χ3v) is 6.06. The first-order chi connectivity index (χ1) is 10.7. The molecule has 0 amide bonds. The van der Waals surface area contributed by atoms with Crippen molar-refractivity contribution in [3.8, 4) is 11.3 Å². The van der Waals surface area contributed by atoms with Crippen LogP contribution in [0.25, 0.3) is 11.3 Å². The summed E-state index contributed by atoms with van der Waals surface area (Å²) in [4.78, 5) is 0. The lowest BCUT2D eigenvalue weighted by Gasteiger charge is -2.34. The van der Waals surface area contributed by atoms with Crippen molar-refractivity contribution < 1.29 is 4.57 Å². The van der Waals surface area contributed by atoms with Gasteiger partial charge in [-0.2, -0.15) is 0 Å². The van der Waals surface area contributed by atoms with Gasteiger partial charge < -0.3 is 0 Å². The first-order valence-corrected chi connectivity index (χ1v) is 8.79. The van der Waals surface area contributed by atoms with Gasteiger partial charge in [-0.3, -0.25) is 0 Å². The van der Waals surface area contributed by atoms with Gasteiger partial charge in [-0.05, 0) is 55.2 Å². The summed E-state index contributed by atoms with van der Waals surface area (Å²) in [7, 11) is 2.20. The van der Waals surface area contributed by atoms with Crippen LogP contribution >= 0.6 is 0 Å². The lowest BCUT2D eigenvalue weighted by atomic mass is 9.70. The number of pyridine rings is 1. The van der Waals surface area contributed by atoms with E-state index in [-0.39, 0.29) is 0 Å². The molecule has 2 aliphatic rings. The van der Waals surface area contributed by atoms with Crippen LogP contribution in [0.4, 0.5) is 0 Å². The molecule has 0 aliphatic heterocycles. The average molecular weight is 292 g/mol. The molecule has 1 aromatic carbocycles. The molecule has 4 rings (SSSR count). The quantitative estimate of drug-likeness (QED) is 0.674. The van der Waals surface area contributed by atoms with Crippen molar-refractivity contribution >= 4 is 0 Å². The smallest absolute Gasteiger partial charge is 0.201 e. The fourth-order valence-corrected chi connectivity index (χ4v) is 4.89. The summed E-state index contributed by atoms with van der Waals surface area (Å²) in [5, 5.41) is 0. The average Bonchev–Trinajstić information content (AvgIpc) is 2.88. The number of aryl methyl sites for hydroxylation is 2. The molecule has 1 fully saturated rings. The highest BCUT2D eigenvalue weighted by Crippen LogP contribution is 2.50. The summed E-state index contributed by atoms with van der Waals surface area (Å²) in [6, 6.07) is 11.3. The summed E-state index contributed by atoms with van der Waals surface area (Å²) in [6.45, 7) is 2.24. The van der Waals surface area contributed by atoms with Gasteiger partial charge in [-0.1, -0.05) is 37.5 Å². The zero-order valence-corrected chi connectivity index (χ0v) is 13.9. The van der Waals surface area contributed by atoms with Crippen LogP contribution in [0.3, 0.4) is 0 Å². The number of benzene rings is 1. The minimum atomic E-state index is 0.499. The molecule has 1 nitrogen and oxygen atoms in total. The predicted octanol–water partition coefficient (Wildman–Crippen LogP) is 4.63. The van der Waals surface area contributed by atoms with Gasteiger partial charge >= 0.3 is 0 Å². The molecule has 1 spiro atoms. The lowest BCUT2D eigenvalue weighted by molar-refractivity contribution is -0.660. The van der Waals surface area contributed by atoms with E-state index < -0.39 is 0 Å². The molecule has 0 saturated heterocycles. The van der Waals surface area contributed by atoms with Crippen LogP contribution in [0.1, 0.15) is 55.2 Å². The minimum Gasteiger partial charge on any atom is -0.201 e. The summed E-state index contributed by atoms with van der Waals surface area (Å²) in [6.07, 6.45) is 12.0. The fraction of sp³-hybridized carbons (Fsp3) is 0.476. The first kappa shape index (κ1) is 14.0. The Morgan fingerprint density at radius 2 is 1.73 bits per heavy atom. The van der Waals surface area contributed by atoms with E-state index in [1.54, 1.807) is 11.1 Å². The molecule has 114 valence electrons. The van der Waals surface area contributed by atoms with Crippen LogP contribution in [-0.4, -0.2) is 0 Å². The van der Waals surface area contributed by atoms with E-state index in [2.05, 4.69) is 55.1 Å². The molecule has 0 bridgehead atoms. The normalized spacial score (nSPS) is 19.4. The van der Waals surface area contributed by atoms with Crippen molar-refractivity contribution in [3.63, 3.8) is 0 Å². The molecule has 2 aliphatic carbocycles. The third-order valence-electron chi connectivity index (χ3n) is 6.06. The van der Waals surface area contributed by atoms with Gasteiger partial charge in [0.1, 0.15) is 7.05 Å². The largest absolute Gasteiger partial charge is 0.216 e. The summed E-state index contributed by atoms with van der Waals surface area (Å²) in [5.74, 6) is 0. The van der Waals surface area contributed by atoms with E-state index in [0.29, 0.717) is 5.41 Å². The Bertz CT molecular complexity index is 708. The molecule has 0 radical (unpaired) electrons. The first-order valence-electron chi connectivity index (χ1n) is 8.79. The van der Waals surface area contributed by atoms with E-state index in [4.69, 9.17) is 0 Å². The van der Waals surface area contributed by atoms with E-state index in [1.807, 2.05) is 0 Å². The second-order valence-electron chi connectivity index (χ2n) is 7.32. The van der Waals surface area contributed by atoms with Crippen molar-refractivity contribution in [2.45, 2.75) is 57.3 Å². The standard InChI is InChI=1S/C21H26N/c1-16-8-4-5-9-17(16)20-18-10-14-21(12-6-3-7-13-21)19(18)11-15-22(20)2/h4-5,8-9,11,15H,3,6-7,10,12-14H2,1-2H3/q+1. The second kappa shape index (κ2) is 5.22. The Morgan fingerprint density at radius 3 is 2.50 bits per heavy atom. The molecule has 1 saturated carbocycles. The van der Waals surface area contributed by atoms with Crippen molar-refractivity contribution in [3.05, 3.63) is 53.2 Å². The maximum atomic E-state index is 2.43. The van der Waals surface area contributed by atoms with E-state index in [9.17, 15) is 0 Å². The molecule has 1 heterocycles. The molecule has 0 unspecified atom stereocenters. The molecule has 22 heavy (non-hydrogen) atoms. The van der Waals surface area contributed by atoms with E-state index >= 15 is 0 Å². The van der Waals surface area contributed by atoms with Crippen LogP contribution in [0, 0.1) is 6.92 Å². The Labute approximate surface area is 134 Å². The zero-order chi connectivity index (χ0) is 15.2. The minimum absolute atomic E-state index is 0.499. The van der Waals surface area contributed by atoms with Crippen LogP contribution in [0.2, 0.25) is 0 Å². The zero-order valence-electron chi connectivity index (χ0n) is 13.9. The monoisotopic (exact) mass is 292 g/mol. The number of rotatable bonds is 1. The maximum Gasteiger partial charge on any atom is 0.216 e. The number of hydrogen-bond donors (Lipinski definition) is 0. The Morgan fingerprint density at radius 1 is 0.955 bits per heavy atom. The molecule has 0 N–H and O–H groups in total. The van der Waals surface area contributed by atoms with Crippen LogP contribution in [0.15, 0.2) is 36.5 Å². The van der Waals surface area contributed by atoms with Gasteiger partial charge in [0, 0.05) is 17.2 Å². The van der Waals surface area contributed by atoms with Gasteiger partial charge in [0.15, 0.2) is 6.20 Å². The second-order valence-corrected chi connectivity index (χ2v) is 7.32. The van der Waals surface area contributed by atoms with E-state index in [1.165, 1.54) is 61.8 Å². The molecule has 0 atom stereocenters. The summed E-state index contributed by atoms with van der Waals surface area (Å²) >= 11 is 0. The third kappa shape index (κ3) is 2.02. The van der Waals surface area contributed by atoms with Crippen molar-refractivity contribution in [2.75, 3.05) is 0 Å². The Hall–Kier alpha value is -1.63. The topological polar surface area (TPSA) is 3.88 Å². The fourth-order valence-electron chi connectivity index (χ4n) is 4.89. The van der Waals surface area contributed by atoms with Gasteiger partial charge in [0.05, 0.1) is 0 Å². The number of aromatic nitrogens is 1. The SMILES string of the molecule is Cc1ccccc1-c1c2c(cc[n+]1C)C1(CCCCC1)CC2. The highest BCUT2D eigenvalue weighted by atomic mass is 14.9. The predicted molar refractivity (Wildman–Crippen MR) is 90.9 cm³/mol. The van der Waals surface area contributed by atoms with Gasteiger partial charge in [-0.25, -0.2) is 4.57 Å². The van der Waals surface area contributed by atoms with Crippen LogP contribution < -0.4 is 4.57 Å². The molecule has 1 heteroatoms. The van der Waals surface area contributed by atoms with Crippen molar-refractivity contribution in [2.24, 2.45) is 7.05 Å². The van der Waals surface area contributed by atoms with Crippen molar-refractivity contribution in [1.29, 1.82) is 0 Å². The lowest BCUT2D eigenvalue weighted by Crippen LogP contribution is -2.33. The highest BCUT2D eigenvalue weighted by molar-refractivity contribution is 5.67. The summed E-state index contributed by atoms with van der Waals surface area (Å²) < 4.78 is 2.34. The van der Waals surface area contributed by atoms with Crippen molar-refractivity contribution in [1.82, 2.24) is 0 Å². The number of nitrogens with zero attached hydrogens (tertiary/aromatic N) is 1. The molecule has 1 aromatic heterocycles. The van der Waals surface area contributed by atoms with Gasteiger partial charge in [-0.15, -0.1) is 0 Å². The molecular weight excluding hydrogens is 266 g/mol. The molecule has 2 aromatic rings. The van der Waals surface area contributed by atoms with E-state index in [0.717, 1.165) is 0 Å². The Balaban J connectivity index is 1.90. The number of fused-ring (bicyclic) bond motifs is 2. The van der Waals surface area contributed by atoms with Crippen LogP contribution in [-0.2, 0) is 18.9 Å². The van der Waals surface area contributed by atoms with Crippen LogP contribution in [0.5, 0.6) is 0 Å². The van der Waals surface area contributed by atoms with Gasteiger partial charge in [0.25, 0.3) is 0 Å².